The smallest absolute Gasteiger partial charge is 0.209 e. The molecule has 1 aliphatic heterocycles. The molecule has 0 radical (unpaired) electrons. The lowest BCUT2D eigenvalue weighted by Gasteiger charge is -2.31. The van der Waals surface area contributed by atoms with Crippen molar-refractivity contribution in [1.29, 1.82) is 0 Å². The van der Waals surface area contributed by atoms with Crippen LogP contribution in [0.5, 0.6) is 5.75 Å². The lowest BCUT2D eigenvalue weighted by Crippen LogP contribution is -2.46. The van der Waals surface area contributed by atoms with Crippen LogP contribution in [0.4, 0.5) is 0 Å². The van der Waals surface area contributed by atoms with Gasteiger partial charge in [0.1, 0.15) is 12.4 Å². The molecular weight excluding hydrogens is 392 g/mol. The van der Waals surface area contributed by atoms with Gasteiger partial charge in [0.2, 0.25) is 10.0 Å². The van der Waals surface area contributed by atoms with Crippen molar-refractivity contribution < 1.29 is 22.7 Å². The number of hydrogen-bond acceptors (Lipinski definition) is 6. The number of para-hydroxylation sites is 1. The number of nitrogens with one attached hydrogen (secondary N) is 2. The van der Waals surface area contributed by atoms with Crippen molar-refractivity contribution in [2.45, 2.75) is 69.2 Å². The highest BCUT2D eigenvalue weighted by Gasteiger charge is 2.34. The van der Waals surface area contributed by atoms with E-state index in [0.717, 1.165) is 49.7 Å². The van der Waals surface area contributed by atoms with Gasteiger partial charge in [-0.3, -0.25) is 4.79 Å². The number of carbonyl (C=O) groups excluding carboxylic acids is 1. The topological polar surface area (TPSA) is 93.7 Å². The average Bonchev–Trinajstić information content (AvgIpc) is 3.02. The highest BCUT2D eigenvalue weighted by Crippen LogP contribution is 2.38. The first-order chi connectivity index (χ1) is 13.9. The van der Waals surface area contributed by atoms with E-state index in [4.69, 9.17) is 9.47 Å². The molecule has 0 bridgehead atoms. The Kier molecular flexibility index (Phi) is 7.67. The van der Waals surface area contributed by atoms with E-state index >= 15 is 0 Å². The summed E-state index contributed by atoms with van der Waals surface area (Å²) in [5.74, 6) is 1.20. The summed E-state index contributed by atoms with van der Waals surface area (Å²) in [6, 6.07) is 8.07. The minimum atomic E-state index is -3.24. The van der Waals surface area contributed by atoms with Gasteiger partial charge in [0.05, 0.1) is 19.0 Å². The van der Waals surface area contributed by atoms with E-state index in [1.807, 2.05) is 18.2 Å². The van der Waals surface area contributed by atoms with E-state index in [1.54, 1.807) is 0 Å². The fraction of sp³-hybridized carbons (Fsp3) is 0.667. The third-order valence-electron chi connectivity index (χ3n) is 5.81. The van der Waals surface area contributed by atoms with Crippen molar-refractivity contribution in [3.05, 3.63) is 29.8 Å². The Balaban J connectivity index is 1.50. The Labute approximate surface area is 173 Å². The van der Waals surface area contributed by atoms with Gasteiger partial charge < -0.3 is 14.8 Å². The third-order valence-corrected chi connectivity index (χ3v) is 6.54. The highest BCUT2D eigenvalue weighted by molar-refractivity contribution is 7.88. The van der Waals surface area contributed by atoms with Crippen molar-refractivity contribution >= 4 is 16.3 Å². The summed E-state index contributed by atoms with van der Waals surface area (Å²) < 4.78 is 37.7. The molecule has 3 rings (SSSR count). The first-order valence-electron chi connectivity index (χ1n) is 10.4. The molecule has 0 spiro atoms. The fourth-order valence-corrected chi connectivity index (χ4v) is 5.33. The van der Waals surface area contributed by atoms with E-state index in [0.29, 0.717) is 12.5 Å². The summed E-state index contributed by atoms with van der Waals surface area (Å²) in [6.45, 7) is 2.64. The second-order valence-corrected chi connectivity index (χ2v) is 10.0. The molecule has 0 amide bonds. The predicted molar refractivity (Wildman–Crippen MR) is 112 cm³/mol. The van der Waals surface area contributed by atoms with Crippen LogP contribution in [-0.2, 0) is 19.6 Å². The average molecular weight is 425 g/mol. The van der Waals surface area contributed by atoms with Crippen molar-refractivity contribution in [2.75, 3.05) is 19.5 Å². The van der Waals surface area contributed by atoms with E-state index in [2.05, 4.69) is 23.0 Å². The number of benzene rings is 1. The fourth-order valence-electron chi connectivity index (χ4n) is 4.52. The molecular formula is C21H32N2O5S. The first-order valence-corrected chi connectivity index (χ1v) is 12.2. The maximum Gasteiger partial charge on any atom is 0.209 e. The first kappa shape index (κ1) is 22.2. The summed E-state index contributed by atoms with van der Waals surface area (Å²) in [5, 5.41) is 3.43. The van der Waals surface area contributed by atoms with Gasteiger partial charge in [0.25, 0.3) is 0 Å². The Morgan fingerprint density at radius 1 is 1.21 bits per heavy atom. The van der Waals surface area contributed by atoms with Crippen LogP contribution in [0.2, 0.25) is 0 Å². The van der Waals surface area contributed by atoms with Crippen LogP contribution in [-0.4, -0.2) is 58.4 Å². The molecule has 2 aliphatic rings. The zero-order chi connectivity index (χ0) is 20.9. The SMILES string of the molecule is C[C@@H]1C[C@H](NS(C)(=O)=O)[C@H](COC2CCC(c3ccccc3OCC=O)CC2)N1. The summed E-state index contributed by atoms with van der Waals surface area (Å²) in [4.78, 5) is 10.6. The standard InChI is InChI=1S/C21H32N2O5S/c1-15-13-19(23-29(2,25)26)20(22-15)14-28-17-9-7-16(8-10-17)18-5-3-4-6-21(18)27-12-11-24/h3-6,11,15-17,19-20,22-23H,7-10,12-14H2,1-2H3/t15-,16?,17?,19+,20+/m1/s1. The second kappa shape index (κ2) is 10.0. The van der Waals surface area contributed by atoms with E-state index in [-0.39, 0.29) is 30.8 Å². The quantitative estimate of drug-likeness (QED) is 0.589. The molecule has 1 saturated heterocycles. The number of sulfonamides is 1. The minimum absolute atomic E-state index is 0.00471. The zero-order valence-electron chi connectivity index (χ0n) is 17.2. The molecule has 2 fully saturated rings. The van der Waals surface area contributed by atoms with Crippen LogP contribution in [0.3, 0.4) is 0 Å². The van der Waals surface area contributed by atoms with Gasteiger partial charge in [0.15, 0.2) is 6.29 Å². The number of hydrogen-bond donors (Lipinski definition) is 2. The molecule has 7 nitrogen and oxygen atoms in total. The summed E-state index contributed by atoms with van der Waals surface area (Å²) in [5.41, 5.74) is 1.16. The third kappa shape index (κ3) is 6.50. The van der Waals surface area contributed by atoms with Gasteiger partial charge in [-0.15, -0.1) is 0 Å². The molecule has 1 aliphatic carbocycles. The number of rotatable bonds is 9. The maximum atomic E-state index is 11.6. The van der Waals surface area contributed by atoms with Crippen LogP contribution < -0.4 is 14.8 Å². The summed E-state index contributed by atoms with van der Waals surface area (Å²) >= 11 is 0. The number of carbonyl (C=O) groups is 1. The van der Waals surface area contributed by atoms with Gasteiger partial charge in [-0.1, -0.05) is 18.2 Å². The maximum absolute atomic E-state index is 11.6. The van der Waals surface area contributed by atoms with Crippen molar-refractivity contribution in [3.8, 4) is 5.75 Å². The Bertz CT molecular complexity index is 777. The van der Waals surface area contributed by atoms with Gasteiger partial charge >= 0.3 is 0 Å². The molecule has 8 heteroatoms. The molecule has 0 unspecified atom stereocenters. The molecule has 2 N–H and O–H groups in total. The molecule has 29 heavy (non-hydrogen) atoms. The highest BCUT2D eigenvalue weighted by atomic mass is 32.2. The zero-order valence-corrected chi connectivity index (χ0v) is 18.0. The number of ether oxygens (including phenoxy) is 2. The van der Waals surface area contributed by atoms with Gasteiger partial charge in [-0.2, -0.15) is 0 Å². The van der Waals surface area contributed by atoms with Crippen molar-refractivity contribution in [2.24, 2.45) is 0 Å². The summed E-state index contributed by atoms with van der Waals surface area (Å²) in [7, 11) is -3.24. The van der Waals surface area contributed by atoms with Gasteiger partial charge in [-0.05, 0) is 56.6 Å². The Morgan fingerprint density at radius 3 is 2.62 bits per heavy atom. The monoisotopic (exact) mass is 424 g/mol. The Morgan fingerprint density at radius 2 is 1.93 bits per heavy atom. The van der Waals surface area contributed by atoms with Crippen LogP contribution in [0.1, 0.15) is 50.5 Å². The molecule has 1 saturated carbocycles. The Hall–Kier alpha value is -1.48. The van der Waals surface area contributed by atoms with Crippen molar-refractivity contribution in [3.63, 3.8) is 0 Å². The molecule has 1 aromatic rings. The molecule has 0 aromatic heterocycles. The number of aldehydes is 1. The second-order valence-electron chi connectivity index (χ2n) is 8.23. The van der Waals surface area contributed by atoms with Gasteiger partial charge in [0, 0.05) is 18.1 Å². The molecule has 3 atom stereocenters. The minimum Gasteiger partial charge on any atom is -0.486 e. The van der Waals surface area contributed by atoms with Crippen LogP contribution in [0.15, 0.2) is 24.3 Å². The van der Waals surface area contributed by atoms with Crippen LogP contribution in [0, 0.1) is 0 Å². The van der Waals surface area contributed by atoms with Crippen LogP contribution in [0.25, 0.3) is 0 Å². The van der Waals surface area contributed by atoms with Crippen molar-refractivity contribution in [1.82, 2.24) is 10.0 Å². The van der Waals surface area contributed by atoms with E-state index in [1.165, 1.54) is 6.26 Å². The van der Waals surface area contributed by atoms with E-state index in [9.17, 15) is 13.2 Å². The summed E-state index contributed by atoms with van der Waals surface area (Å²) in [6.07, 6.45) is 6.85. The lowest BCUT2D eigenvalue weighted by atomic mass is 9.82. The molecule has 1 aromatic carbocycles. The molecule has 162 valence electrons. The molecule has 1 heterocycles. The van der Waals surface area contributed by atoms with Crippen LogP contribution >= 0.6 is 0 Å². The normalized spacial score (nSPS) is 30.2. The van der Waals surface area contributed by atoms with E-state index < -0.39 is 10.0 Å². The lowest BCUT2D eigenvalue weighted by molar-refractivity contribution is -0.109. The largest absolute Gasteiger partial charge is 0.486 e. The van der Waals surface area contributed by atoms with Gasteiger partial charge in [-0.25, -0.2) is 13.1 Å². The predicted octanol–water partition coefficient (Wildman–Crippen LogP) is 1.98.